The zero-order chi connectivity index (χ0) is 14.8. The summed E-state index contributed by atoms with van der Waals surface area (Å²) >= 11 is 0. The fraction of sp³-hybridized carbons (Fsp3) is 0.333. The first-order chi connectivity index (χ1) is 9.69. The summed E-state index contributed by atoms with van der Waals surface area (Å²) in [6.07, 6.45) is 3.31. The molecule has 0 bridgehead atoms. The molecule has 0 aliphatic carbocycles. The number of methoxy groups -OCH3 is 1. The van der Waals surface area contributed by atoms with Gasteiger partial charge in [-0.05, 0) is 43.0 Å². The van der Waals surface area contributed by atoms with Crippen LogP contribution in [-0.2, 0) is 6.42 Å². The SMILES string of the molecule is CCCCc1cccc(C)c1O.COc1ccccc1.O. The quantitative estimate of drug-likeness (QED) is 0.927. The second-order valence-corrected chi connectivity index (χ2v) is 4.70. The monoisotopic (exact) mass is 290 g/mol. The Morgan fingerprint density at radius 1 is 1.00 bits per heavy atom. The van der Waals surface area contributed by atoms with Crippen molar-refractivity contribution in [2.45, 2.75) is 33.1 Å². The van der Waals surface area contributed by atoms with Crippen LogP contribution in [0.3, 0.4) is 0 Å². The Bertz CT molecular complexity index is 495. The van der Waals surface area contributed by atoms with E-state index in [0.717, 1.165) is 29.7 Å². The Hall–Kier alpha value is -2.00. The van der Waals surface area contributed by atoms with Crippen LogP contribution in [0.2, 0.25) is 0 Å². The van der Waals surface area contributed by atoms with E-state index < -0.39 is 0 Å². The highest BCUT2D eigenvalue weighted by Crippen LogP contribution is 2.22. The Balaban J connectivity index is 0.000000390. The van der Waals surface area contributed by atoms with E-state index in [1.54, 1.807) is 7.11 Å². The van der Waals surface area contributed by atoms with Gasteiger partial charge in [-0.3, -0.25) is 0 Å². The zero-order valence-corrected chi connectivity index (χ0v) is 13.1. The lowest BCUT2D eigenvalue weighted by Gasteiger charge is -2.05. The van der Waals surface area contributed by atoms with Gasteiger partial charge in [0.15, 0.2) is 0 Å². The molecule has 0 radical (unpaired) electrons. The van der Waals surface area contributed by atoms with Gasteiger partial charge in [-0.1, -0.05) is 49.7 Å². The van der Waals surface area contributed by atoms with E-state index in [4.69, 9.17) is 4.74 Å². The van der Waals surface area contributed by atoms with Crippen LogP contribution in [-0.4, -0.2) is 17.7 Å². The molecule has 3 N–H and O–H groups in total. The molecule has 0 fully saturated rings. The van der Waals surface area contributed by atoms with Crippen molar-refractivity contribution >= 4 is 0 Å². The smallest absolute Gasteiger partial charge is 0.121 e. The Labute approximate surface area is 127 Å². The summed E-state index contributed by atoms with van der Waals surface area (Å²) in [5.74, 6) is 1.39. The molecule has 0 amide bonds. The van der Waals surface area contributed by atoms with Gasteiger partial charge >= 0.3 is 0 Å². The average molecular weight is 290 g/mol. The largest absolute Gasteiger partial charge is 0.507 e. The molecular formula is C18H26O3. The number of benzene rings is 2. The molecule has 2 rings (SSSR count). The van der Waals surface area contributed by atoms with Crippen molar-refractivity contribution < 1.29 is 15.3 Å². The number of phenols is 1. The third-order valence-electron chi connectivity index (χ3n) is 3.10. The van der Waals surface area contributed by atoms with E-state index in [1.807, 2.05) is 55.5 Å². The molecule has 2 aromatic rings. The highest BCUT2D eigenvalue weighted by molar-refractivity contribution is 5.39. The van der Waals surface area contributed by atoms with E-state index in [2.05, 4.69) is 6.92 Å². The molecule has 2 aromatic carbocycles. The second kappa shape index (κ2) is 10.7. The lowest BCUT2D eigenvalue weighted by atomic mass is 10.0. The molecule has 0 saturated heterocycles. The fourth-order valence-electron chi connectivity index (χ4n) is 1.85. The minimum absolute atomic E-state index is 0. The van der Waals surface area contributed by atoms with E-state index in [9.17, 15) is 5.11 Å². The maximum atomic E-state index is 9.62. The zero-order valence-electron chi connectivity index (χ0n) is 13.1. The predicted octanol–water partition coefficient (Wildman–Crippen LogP) is 3.91. The van der Waals surface area contributed by atoms with Crippen LogP contribution < -0.4 is 4.74 Å². The van der Waals surface area contributed by atoms with Gasteiger partial charge in [0.1, 0.15) is 11.5 Å². The van der Waals surface area contributed by atoms with E-state index in [0.29, 0.717) is 5.75 Å². The number of phenolic OH excluding ortho intramolecular Hbond substituents is 1. The maximum Gasteiger partial charge on any atom is 0.121 e. The number of hydrogen-bond acceptors (Lipinski definition) is 2. The summed E-state index contributed by atoms with van der Waals surface area (Å²) in [6.45, 7) is 4.09. The lowest BCUT2D eigenvalue weighted by molar-refractivity contribution is 0.415. The molecule has 0 heterocycles. The van der Waals surface area contributed by atoms with Gasteiger partial charge in [-0.15, -0.1) is 0 Å². The third kappa shape index (κ3) is 6.82. The van der Waals surface area contributed by atoms with Crippen molar-refractivity contribution in [3.05, 3.63) is 59.7 Å². The summed E-state index contributed by atoms with van der Waals surface area (Å²) in [7, 11) is 1.66. The molecule has 0 aliphatic heterocycles. The van der Waals surface area contributed by atoms with Gasteiger partial charge in [0.25, 0.3) is 0 Å². The first kappa shape index (κ1) is 19.0. The van der Waals surface area contributed by atoms with Crippen LogP contribution >= 0.6 is 0 Å². The minimum Gasteiger partial charge on any atom is -0.507 e. The third-order valence-corrected chi connectivity index (χ3v) is 3.10. The maximum absolute atomic E-state index is 9.62. The molecule has 0 unspecified atom stereocenters. The van der Waals surface area contributed by atoms with Crippen molar-refractivity contribution in [1.29, 1.82) is 0 Å². The van der Waals surface area contributed by atoms with Gasteiger partial charge in [0, 0.05) is 0 Å². The minimum atomic E-state index is 0. The number of unbranched alkanes of at least 4 members (excludes halogenated alkanes) is 1. The molecule has 0 aromatic heterocycles. The van der Waals surface area contributed by atoms with E-state index >= 15 is 0 Å². The van der Waals surface area contributed by atoms with Gasteiger partial charge < -0.3 is 15.3 Å². The van der Waals surface area contributed by atoms with Crippen LogP contribution in [0, 0.1) is 6.92 Å². The van der Waals surface area contributed by atoms with Crippen LogP contribution in [0.5, 0.6) is 11.5 Å². The Morgan fingerprint density at radius 2 is 1.67 bits per heavy atom. The summed E-state index contributed by atoms with van der Waals surface area (Å²) in [6, 6.07) is 15.6. The summed E-state index contributed by atoms with van der Waals surface area (Å²) in [4.78, 5) is 0. The fourth-order valence-corrected chi connectivity index (χ4v) is 1.85. The number of para-hydroxylation sites is 2. The van der Waals surface area contributed by atoms with E-state index in [-0.39, 0.29) is 5.48 Å². The highest BCUT2D eigenvalue weighted by atomic mass is 16.5. The summed E-state index contributed by atoms with van der Waals surface area (Å²) < 4.78 is 4.91. The summed E-state index contributed by atoms with van der Waals surface area (Å²) in [5, 5.41) is 9.62. The first-order valence-corrected chi connectivity index (χ1v) is 7.05. The van der Waals surface area contributed by atoms with Crippen LogP contribution in [0.4, 0.5) is 0 Å². The molecule has 116 valence electrons. The number of aryl methyl sites for hydroxylation is 2. The number of hydrogen-bond donors (Lipinski definition) is 1. The first-order valence-electron chi connectivity index (χ1n) is 7.05. The van der Waals surface area contributed by atoms with E-state index in [1.165, 1.54) is 6.42 Å². The van der Waals surface area contributed by atoms with Crippen molar-refractivity contribution in [3.63, 3.8) is 0 Å². The van der Waals surface area contributed by atoms with Crippen LogP contribution in [0.25, 0.3) is 0 Å². The molecule has 3 heteroatoms. The molecule has 21 heavy (non-hydrogen) atoms. The standard InChI is InChI=1S/C11H16O.C7H8O.H2O/c1-3-4-7-10-8-5-6-9(2)11(10)12;1-8-7-5-3-2-4-6-7;/h5-6,8,12H,3-4,7H2,1-2H3;2-6H,1H3;1H2. The highest BCUT2D eigenvalue weighted by Gasteiger charge is 2.01. The molecule has 0 spiro atoms. The molecule has 0 saturated carbocycles. The van der Waals surface area contributed by atoms with Gasteiger partial charge in [-0.2, -0.15) is 0 Å². The second-order valence-electron chi connectivity index (χ2n) is 4.70. The molecule has 0 atom stereocenters. The van der Waals surface area contributed by atoms with Crippen molar-refractivity contribution in [1.82, 2.24) is 0 Å². The Kier molecular flexibility index (Phi) is 9.72. The van der Waals surface area contributed by atoms with Crippen LogP contribution in [0.15, 0.2) is 48.5 Å². The Morgan fingerprint density at radius 3 is 2.19 bits per heavy atom. The van der Waals surface area contributed by atoms with Crippen molar-refractivity contribution in [3.8, 4) is 11.5 Å². The number of rotatable bonds is 4. The molecule has 0 aliphatic rings. The lowest BCUT2D eigenvalue weighted by Crippen LogP contribution is -1.87. The predicted molar refractivity (Wildman–Crippen MR) is 88.1 cm³/mol. The normalized spacial score (nSPS) is 9.10. The molecular weight excluding hydrogens is 264 g/mol. The van der Waals surface area contributed by atoms with Crippen molar-refractivity contribution in [2.75, 3.05) is 7.11 Å². The molecule has 3 nitrogen and oxygen atoms in total. The number of aromatic hydroxyl groups is 1. The van der Waals surface area contributed by atoms with Crippen molar-refractivity contribution in [2.24, 2.45) is 0 Å². The summed E-state index contributed by atoms with van der Waals surface area (Å²) in [5.41, 5.74) is 2.06. The average Bonchev–Trinajstić information content (AvgIpc) is 2.50. The number of ether oxygens (including phenoxy) is 1. The van der Waals surface area contributed by atoms with Gasteiger partial charge in [-0.25, -0.2) is 0 Å². The van der Waals surface area contributed by atoms with Crippen LogP contribution in [0.1, 0.15) is 30.9 Å². The topological polar surface area (TPSA) is 61.0 Å². The van der Waals surface area contributed by atoms with Gasteiger partial charge in [0.2, 0.25) is 0 Å². The van der Waals surface area contributed by atoms with Gasteiger partial charge in [0.05, 0.1) is 7.11 Å².